The molecule has 1 rings (SSSR count). The minimum atomic E-state index is -2.85. The van der Waals surface area contributed by atoms with Gasteiger partial charge in [-0.2, -0.15) is 4.31 Å². The maximum absolute atomic E-state index is 11.1. The molecule has 1 aliphatic rings. The first-order valence-electron chi connectivity index (χ1n) is 4.53. The fourth-order valence-electron chi connectivity index (χ4n) is 1.24. The molecule has 0 unspecified atom stereocenters. The van der Waals surface area contributed by atoms with Crippen molar-refractivity contribution in [3.63, 3.8) is 0 Å². The van der Waals surface area contributed by atoms with Gasteiger partial charge in [0.05, 0.1) is 5.75 Å². The maximum atomic E-state index is 11.1. The number of nitrogens with zero attached hydrogens (tertiary/aromatic N) is 1. The molecule has 0 radical (unpaired) electrons. The average Bonchev–Trinajstić information content (AvgIpc) is 2.33. The van der Waals surface area contributed by atoms with Crippen LogP contribution in [-0.4, -0.2) is 31.1 Å². The molecule has 1 heterocycles. The molecule has 0 atom stereocenters. The van der Waals surface area contributed by atoms with E-state index in [0.29, 0.717) is 12.3 Å². The lowest BCUT2D eigenvalue weighted by Crippen LogP contribution is -2.32. The highest BCUT2D eigenvalue weighted by atomic mass is 32.2. The highest BCUT2D eigenvalue weighted by Crippen LogP contribution is 2.15. The van der Waals surface area contributed by atoms with E-state index in [-0.39, 0.29) is 6.04 Å². The Labute approximate surface area is 75.8 Å². The van der Waals surface area contributed by atoms with Crippen molar-refractivity contribution in [2.24, 2.45) is 0 Å². The van der Waals surface area contributed by atoms with Crippen molar-refractivity contribution in [1.29, 1.82) is 0 Å². The van der Waals surface area contributed by atoms with Crippen LogP contribution < -0.4 is 0 Å². The summed E-state index contributed by atoms with van der Waals surface area (Å²) in [5.74, 6) is 0.338. The predicted molar refractivity (Wildman–Crippen MR) is 51.6 cm³/mol. The zero-order chi connectivity index (χ0) is 9.78. The van der Waals surface area contributed by atoms with Gasteiger partial charge in [-0.1, -0.05) is 13.8 Å². The van der Waals surface area contributed by atoms with E-state index in [0.717, 1.165) is 6.42 Å². The first-order chi connectivity index (χ1) is 5.54. The third-order valence-electron chi connectivity index (χ3n) is 1.71. The molecule has 3 nitrogen and oxygen atoms in total. The van der Waals surface area contributed by atoms with Gasteiger partial charge in [-0.05, 0) is 20.3 Å². The number of rotatable bonds is 1. The molecule has 1 aliphatic heterocycles. The fourth-order valence-corrected chi connectivity index (χ4v) is 3.02. The third kappa shape index (κ3) is 2.75. The summed E-state index contributed by atoms with van der Waals surface area (Å²) in [7, 11) is -2.85. The van der Waals surface area contributed by atoms with Crippen molar-refractivity contribution in [2.45, 2.75) is 40.2 Å². The summed E-state index contributed by atoms with van der Waals surface area (Å²) in [6.45, 7) is 8.52. The Bertz CT molecular complexity index is 209. The Hall–Kier alpha value is -0.0900. The second kappa shape index (κ2) is 4.82. The van der Waals surface area contributed by atoms with Crippen LogP contribution in [0, 0.1) is 0 Å². The van der Waals surface area contributed by atoms with Gasteiger partial charge in [0.2, 0.25) is 10.0 Å². The quantitative estimate of drug-likeness (QED) is 0.632. The summed E-state index contributed by atoms with van der Waals surface area (Å²) in [5, 5.41) is 0. The van der Waals surface area contributed by atoms with E-state index in [4.69, 9.17) is 0 Å². The number of hydrogen-bond acceptors (Lipinski definition) is 2. The molecule has 12 heavy (non-hydrogen) atoms. The standard InChI is InChI=1S/C6H13NO2S.C2H6/c1-6(2)7-4-3-5-10(7,8)9;1-2/h6H,3-5H2,1-2H3;1-2H3. The third-order valence-corrected chi connectivity index (χ3v) is 3.84. The van der Waals surface area contributed by atoms with E-state index < -0.39 is 10.0 Å². The van der Waals surface area contributed by atoms with E-state index >= 15 is 0 Å². The van der Waals surface area contributed by atoms with Crippen molar-refractivity contribution >= 4 is 10.0 Å². The van der Waals surface area contributed by atoms with Crippen LogP contribution in [0.25, 0.3) is 0 Å². The molecule has 0 N–H and O–H groups in total. The van der Waals surface area contributed by atoms with E-state index in [1.165, 1.54) is 0 Å². The van der Waals surface area contributed by atoms with Crippen LogP contribution in [-0.2, 0) is 10.0 Å². The second-order valence-corrected chi connectivity index (χ2v) is 4.92. The molecule has 0 aliphatic carbocycles. The molecule has 0 saturated carbocycles. The lowest BCUT2D eigenvalue weighted by atomic mass is 10.4. The molecule has 0 aromatic carbocycles. The van der Waals surface area contributed by atoms with E-state index in [1.807, 2.05) is 27.7 Å². The van der Waals surface area contributed by atoms with Crippen molar-refractivity contribution in [3.05, 3.63) is 0 Å². The van der Waals surface area contributed by atoms with Gasteiger partial charge in [-0.15, -0.1) is 0 Å². The van der Waals surface area contributed by atoms with Crippen LogP contribution in [0.15, 0.2) is 0 Å². The van der Waals surface area contributed by atoms with Gasteiger partial charge in [0.15, 0.2) is 0 Å². The van der Waals surface area contributed by atoms with Crippen LogP contribution in [0.3, 0.4) is 0 Å². The Kier molecular flexibility index (Phi) is 4.78. The van der Waals surface area contributed by atoms with Crippen LogP contribution in [0.4, 0.5) is 0 Å². The normalized spacial score (nSPS) is 22.1. The Balaban J connectivity index is 0.000000561. The average molecular weight is 193 g/mol. The van der Waals surface area contributed by atoms with Crippen molar-refractivity contribution in [1.82, 2.24) is 4.31 Å². The van der Waals surface area contributed by atoms with Gasteiger partial charge in [0.1, 0.15) is 0 Å². The molecule has 0 aromatic heterocycles. The van der Waals surface area contributed by atoms with Gasteiger partial charge in [0.25, 0.3) is 0 Å². The lowest BCUT2D eigenvalue weighted by molar-refractivity contribution is 0.381. The molecule has 0 spiro atoms. The first kappa shape index (κ1) is 11.9. The van der Waals surface area contributed by atoms with Gasteiger partial charge in [-0.25, -0.2) is 8.42 Å². The van der Waals surface area contributed by atoms with Gasteiger partial charge < -0.3 is 0 Å². The highest BCUT2D eigenvalue weighted by Gasteiger charge is 2.29. The molecule has 1 saturated heterocycles. The zero-order valence-electron chi connectivity index (χ0n) is 8.37. The summed E-state index contributed by atoms with van der Waals surface area (Å²) < 4.78 is 23.8. The summed E-state index contributed by atoms with van der Waals surface area (Å²) in [6, 6.07) is 0.132. The largest absolute Gasteiger partial charge is 0.214 e. The Morgan fingerprint density at radius 1 is 1.25 bits per heavy atom. The molecule has 0 amide bonds. The first-order valence-corrected chi connectivity index (χ1v) is 6.14. The van der Waals surface area contributed by atoms with Crippen molar-refractivity contribution in [2.75, 3.05) is 12.3 Å². The van der Waals surface area contributed by atoms with Crippen molar-refractivity contribution in [3.8, 4) is 0 Å². The number of hydrogen-bond donors (Lipinski definition) is 0. The lowest BCUT2D eigenvalue weighted by Gasteiger charge is -2.17. The zero-order valence-corrected chi connectivity index (χ0v) is 9.19. The minimum absolute atomic E-state index is 0.132. The predicted octanol–water partition coefficient (Wildman–Crippen LogP) is 1.46. The highest BCUT2D eigenvalue weighted by molar-refractivity contribution is 7.89. The smallest absolute Gasteiger partial charge is 0.212 e. The van der Waals surface area contributed by atoms with Gasteiger partial charge in [0, 0.05) is 12.6 Å². The van der Waals surface area contributed by atoms with Crippen molar-refractivity contribution < 1.29 is 8.42 Å². The molecular weight excluding hydrogens is 174 g/mol. The Morgan fingerprint density at radius 3 is 1.92 bits per heavy atom. The Morgan fingerprint density at radius 2 is 1.75 bits per heavy atom. The van der Waals surface area contributed by atoms with Crippen LogP contribution in [0.2, 0.25) is 0 Å². The molecular formula is C8H19NO2S. The van der Waals surface area contributed by atoms with Crippen LogP contribution in [0.1, 0.15) is 34.1 Å². The van der Waals surface area contributed by atoms with Gasteiger partial charge >= 0.3 is 0 Å². The van der Waals surface area contributed by atoms with Gasteiger partial charge in [-0.3, -0.25) is 0 Å². The molecule has 74 valence electrons. The van der Waals surface area contributed by atoms with E-state index in [1.54, 1.807) is 4.31 Å². The molecule has 0 bridgehead atoms. The monoisotopic (exact) mass is 193 g/mol. The summed E-state index contributed by atoms with van der Waals surface area (Å²) in [6.07, 6.45) is 0.792. The topological polar surface area (TPSA) is 37.4 Å². The van der Waals surface area contributed by atoms with Crippen LogP contribution in [0.5, 0.6) is 0 Å². The molecule has 0 aromatic rings. The van der Waals surface area contributed by atoms with E-state index in [2.05, 4.69) is 0 Å². The summed E-state index contributed by atoms with van der Waals surface area (Å²) >= 11 is 0. The molecule has 1 fully saturated rings. The maximum Gasteiger partial charge on any atom is 0.214 e. The van der Waals surface area contributed by atoms with E-state index in [9.17, 15) is 8.42 Å². The van der Waals surface area contributed by atoms with Crippen LogP contribution >= 0.6 is 0 Å². The second-order valence-electron chi connectivity index (χ2n) is 2.87. The number of sulfonamides is 1. The SMILES string of the molecule is CC.CC(C)N1CCCS1(=O)=O. The molecule has 4 heteroatoms. The fraction of sp³-hybridized carbons (Fsp3) is 1.00. The summed E-state index contributed by atoms with van der Waals surface area (Å²) in [4.78, 5) is 0. The minimum Gasteiger partial charge on any atom is -0.212 e. The summed E-state index contributed by atoms with van der Waals surface area (Å²) in [5.41, 5.74) is 0.